The zero-order valence-electron chi connectivity index (χ0n) is 14.2. The molecule has 1 N–H and O–H groups in total. The Hall–Kier alpha value is -3.04. The van der Waals surface area contributed by atoms with Gasteiger partial charge in [0.1, 0.15) is 0 Å². The van der Waals surface area contributed by atoms with E-state index >= 15 is 0 Å². The summed E-state index contributed by atoms with van der Waals surface area (Å²) in [5, 5.41) is 3.47. The smallest absolute Gasteiger partial charge is 0.314 e. The maximum Gasteiger partial charge on any atom is 0.326 e. The summed E-state index contributed by atoms with van der Waals surface area (Å²) in [5.74, 6) is 0. The van der Waals surface area contributed by atoms with Gasteiger partial charge < -0.3 is 5.32 Å². The van der Waals surface area contributed by atoms with E-state index in [1.807, 2.05) is 84.9 Å². The van der Waals surface area contributed by atoms with Gasteiger partial charge in [-0.25, -0.2) is 4.79 Å². The topological polar surface area (TPSA) is 32.3 Å². The minimum Gasteiger partial charge on any atom is -0.314 e. The maximum absolute atomic E-state index is 12.8. The Morgan fingerprint density at radius 2 is 1.50 bits per heavy atom. The third-order valence-corrected chi connectivity index (χ3v) is 4.22. The molecule has 4 heteroatoms. The van der Waals surface area contributed by atoms with Crippen molar-refractivity contribution in [2.24, 2.45) is 0 Å². The van der Waals surface area contributed by atoms with Gasteiger partial charge >= 0.3 is 6.03 Å². The lowest BCUT2D eigenvalue weighted by Crippen LogP contribution is -2.37. The van der Waals surface area contributed by atoms with E-state index in [2.05, 4.69) is 5.32 Å². The Morgan fingerprint density at radius 3 is 2.19 bits per heavy atom. The van der Waals surface area contributed by atoms with Crippen molar-refractivity contribution in [1.29, 1.82) is 0 Å². The van der Waals surface area contributed by atoms with Crippen molar-refractivity contribution in [3.05, 3.63) is 107 Å². The molecule has 2 amide bonds. The van der Waals surface area contributed by atoms with Crippen molar-refractivity contribution < 1.29 is 4.79 Å². The molecule has 0 atom stereocenters. The van der Waals surface area contributed by atoms with Crippen molar-refractivity contribution in [1.82, 2.24) is 5.32 Å². The highest BCUT2D eigenvalue weighted by Crippen LogP contribution is 2.18. The van der Waals surface area contributed by atoms with E-state index in [0.29, 0.717) is 11.6 Å². The van der Waals surface area contributed by atoms with Gasteiger partial charge in [0.15, 0.2) is 0 Å². The van der Waals surface area contributed by atoms with Crippen LogP contribution in [0.15, 0.2) is 91.1 Å². The van der Waals surface area contributed by atoms with E-state index in [9.17, 15) is 4.79 Å². The summed E-state index contributed by atoms with van der Waals surface area (Å²) in [6, 6.07) is 26.8. The summed E-state index contributed by atoms with van der Waals surface area (Å²) in [6.45, 7) is 0.483. The van der Waals surface area contributed by atoms with Crippen LogP contribution >= 0.6 is 11.6 Å². The SMILES string of the molecule is O=C(N/C=C/c1ccccc1Cl)N(Cc1ccccc1)c1ccccc1. The summed E-state index contributed by atoms with van der Waals surface area (Å²) < 4.78 is 0. The average molecular weight is 363 g/mol. The second-order valence-corrected chi connectivity index (χ2v) is 6.12. The number of benzene rings is 3. The van der Waals surface area contributed by atoms with E-state index in [1.165, 1.54) is 0 Å². The Labute approximate surface area is 158 Å². The number of halogens is 1. The van der Waals surface area contributed by atoms with Crippen LogP contribution in [0.3, 0.4) is 0 Å². The molecule has 0 fully saturated rings. The Morgan fingerprint density at radius 1 is 0.885 bits per heavy atom. The van der Waals surface area contributed by atoms with E-state index < -0.39 is 0 Å². The number of rotatable bonds is 5. The fraction of sp³-hybridized carbons (Fsp3) is 0.0455. The molecule has 0 radical (unpaired) electrons. The quantitative estimate of drug-likeness (QED) is 0.617. The number of nitrogens with zero attached hydrogens (tertiary/aromatic N) is 1. The van der Waals surface area contributed by atoms with Gasteiger partial charge in [-0.2, -0.15) is 0 Å². The van der Waals surface area contributed by atoms with Crippen molar-refractivity contribution in [3.8, 4) is 0 Å². The highest BCUT2D eigenvalue weighted by molar-refractivity contribution is 6.32. The van der Waals surface area contributed by atoms with Gasteiger partial charge in [-0.1, -0.05) is 78.3 Å². The second kappa shape index (κ2) is 8.88. The molecule has 26 heavy (non-hydrogen) atoms. The van der Waals surface area contributed by atoms with Gasteiger partial charge in [-0.3, -0.25) is 4.90 Å². The lowest BCUT2D eigenvalue weighted by molar-refractivity contribution is 0.249. The monoisotopic (exact) mass is 362 g/mol. The standard InChI is InChI=1S/C22H19ClN2O/c23-21-14-8-7-11-19(21)15-16-24-22(26)25(20-12-5-2-6-13-20)17-18-9-3-1-4-10-18/h1-16H,17H2,(H,24,26)/b16-15+. The minimum atomic E-state index is -0.205. The lowest BCUT2D eigenvalue weighted by atomic mass is 10.2. The molecule has 3 rings (SSSR count). The number of nitrogens with one attached hydrogen (secondary N) is 1. The molecule has 130 valence electrons. The molecule has 0 heterocycles. The van der Waals surface area contributed by atoms with Crippen molar-refractivity contribution in [2.75, 3.05) is 4.90 Å². The Balaban J connectivity index is 1.76. The van der Waals surface area contributed by atoms with Crippen LogP contribution in [0.2, 0.25) is 5.02 Å². The third kappa shape index (κ3) is 4.74. The van der Waals surface area contributed by atoms with Gasteiger partial charge in [-0.05, 0) is 35.4 Å². The van der Waals surface area contributed by atoms with Crippen LogP contribution in [0.5, 0.6) is 0 Å². The van der Waals surface area contributed by atoms with Crippen LogP contribution in [-0.4, -0.2) is 6.03 Å². The highest BCUT2D eigenvalue weighted by Gasteiger charge is 2.14. The highest BCUT2D eigenvalue weighted by atomic mass is 35.5. The van der Waals surface area contributed by atoms with Crippen LogP contribution in [-0.2, 0) is 6.54 Å². The number of carbonyl (C=O) groups excluding carboxylic acids is 1. The number of carbonyl (C=O) groups is 1. The first-order valence-electron chi connectivity index (χ1n) is 8.32. The predicted octanol–water partition coefficient (Wildman–Crippen LogP) is 5.73. The second-order valence-electron chi connectivity index (χ2n) is 5.71. The van der Waals surface area contributed by atoms with Crippen LogP contribution in [0.1, 0.15) is 11.1 Å². The molecular formula is C22H19ClN2O. The third-order valence-electron chi connectivity index (χ3n) is 3.87. The molecule has 3 nitrogen and oxygen atoms in total. The molecular weight excluding hydrogens is 344 g/mol. The molecule has 0 bridgehead atoms. The Kier molecular flexibility index (Phi) is 6.07. The van der Waals surface area contributed by atoms with Crippen molar-refractivity contribution >= 4 is 29.4 Å². The maximum atomic E-state index is 12.8. The molecule has 0 aliphatic carbocycles. The fourth-order valence-electron chi connectivity index (χ4n) is 2.55. The summed E-state index contributed by atoms with van der Waals surface area (Å²) >= 11 is 6.13. The van der Waals surface area contributed by atoms with Gasteiger partial charge in [0, 0.05) is 16.9 Å². The number of hydrogen-bond donors (Lipinski definition) is 1. The summed E-state index contributed by atoms with van der Waals surface area (Å²) in [5.41, 5.74) is 2.74. The molecule has 0 aromatic heterocycles. The molecule has 0 aliphatic heterocycles. The van der Waals surface area contributed by atoms with Gasteiger partial charge in [0.2, 0.25) is 0 Å². The lowest BCUT2D eigenvalue weighted by Gasteiger charge is -2.22. The molecule has 0 aliphatic rings. The van der Waals surface area contributed by atoms with Crippen LogP contribution in [0.25, 0.3) is 6.08 Å². The van der Waals surface area contributed by atoms with Crippen LogP contribution in [0, 0.1) is 0 Å². The molecule has 0 saturated heterocycles. The zero-order chi connectivity index (χ0) is 18.2. The van der Waals surface area contributed by atoms with Gasteiger partial charge in [-0.15, -0.1) is 0 Å². The van der Waals surface area contributed by atoms with E-state index in [1.54, 1.807) is 17.2 Å². The summed E-state index contributed by atoms with van der Waals surface area (Å²) in [4.78, 5) is 14.5. The van der Waals surface area contributed by atoms with Crippen LogP contribution in [0.4, 0.5) is 10.5 Å². The number of amides is 2. The fourth-order valence-corrected chi connectivity index (χ4v) is 2.74. The number of anilines is 1. The number of urea groups is 1. The first-order chi connectivity index (χ1) is 12.7. The molecule has 3 aromatic carbocycles. The predicted molar refractivity (Wildman–Crippen MR) is 108 cm³/mol. The average Bonchev–Trinajstić information content (AvgIpc) is 2.69. The molecule has 0 spiro atoms. The Bertz CT molecular complexity index is 879. The molecule has 0 saturated carbocycles. The van der Waals surface area contributed by atoms with Crippen molar-refractivity contribution in [3.63, 3.8) is 0 Å². The first-order valence-corrected chi connectivity index (χ1v) is 8.70. The van der Waals surface area contributed by atoms with E-state index in [-0.39, 0.29) is 6.03 Å². The summed E-state index contributed by atoms with van der Waals surface area (Å²) in [6.07, 6.45) is 3.40. The van der Waals surface area contributed by atoms with Gasteiger partial charge in [0.05, 0.1) is 6.54 Å². The first kappa shape index (κ1) is 17.8. The minimum absolute atomic E-state index is 0.205. The van der Waals surface area contributed by atoms with E-state index in [4.69, 9.17) is 11.6 Å². The molecule has 3 aromatic rings. The number of para-hydroxylation sites is 1. The van der Waals surface area contributed by atoms with Crippen LogP contribution < -0.4 is 10.2 Å². The molecule has 0 unspecified atom stereocenters. The largest absolute Gasteiger partial charge is 0.326 e. The zero-order valence-corrected chi connectivity index (χ0v) is 14.9. The normalized spacial score (nSPS) is 10.7. The van der Waals surface area contributed by atoms with Crippen molar-refractivity contribution in [2.45, 2.75) is 6.54 Å². The summed E-state index contributed by atoms with van der Waals surface area (Å²) in [7, 11) is 0. The van der Waals surface area contributed by atoms with E-state index in [0.717, 1.165) is 16.8 Å². The van der Waals surface area contributed by atoms with Gasteiger partial charge in [0.25, 0.3) is 0 Å². The number of hydrogen-bond acceptors (Lipinski definition) is 1.